The molecule has 0 fully saturated rings. The van der Waals surface area contributed by atoms with Crippen molar-refractivity contribution in [3.8, 4) is 5.75 Å². The van der Waals surface area contributed by atoms with E-state index in [4.69, 9.17) is 9.26 Å². The van der Waals surface area contributed by atoms with Gasteiger partial charge in [0.05, 0.1) is 18.2 Å². The van der Waals surface area contributed by atoms with Crippen LogP contribution in [-0.2, 0) is 0 Å². The molecular weight excluding hydrogens is 426 g/mol. The summed E-state index contributed by atoms with van der Waals surface area (Å²) >= 11 is 0. The average Bonchev–Trinajstić information content (AvgIpc) is 3.07. The zero-order valence-electron chi connectivity index (χ0n) is 20.0. The maximum atomic E-state index is 13.4. The molecule has 0 bridgehead atoms. The Balaban J connectivity index is 1.90. The normalized spacial score (nSPS) is 19.4. The number of aryl methyl sites for hydroxylation is 2. The number of anilines is 2. The van der Waals surface area contributed by atoms with Crippen molar-refractivity contribution in [2.75, 3.05) is 44.4 Å². The summed E-state index contributed by atoms with van der Waals surface area (Å²) < 4.78 is 11.3. The lowest BCUT2D eigenvalue weighted by molar-refractivity contribution is 0.0363. The molecule has 10 heteroatoms. The Kier molecular flexibility index (Phi) is 7.60. The second kappa shape index (κ2) is 10.2. The first-order chi connectivity index (χ1) is 15.6. The van der Waals surface area contributed by atoms with Crippen LogP contribution in [0.4, 0.5) is 16.2 Å². The van der Waals surface area contributed by atoms with Crippen LogP contribution in [0.2, 0.25) is 0 Å². The Bertz CT molecular complexity index is 986. The number of likely N-dealkylation sites (N-methyl/N-ethyl adjacent to an activating group) is 1. The van der Waals surface area contributed by atoms with Gasteiger partial charge in [0.15, 0.2) is 5.76 Å². The molecule has 3 atom stereocenters. The van der Waals surface area contributed by atoms with Gasteiger partial charge < -0.3 is 34.8 Å². The Morgan fingerprint density at radius 3 is 2.67 bits per heavy atom. The minimum Gasteiger partial charge on any atom is -0.488 e. The van der Waals surface area contributed by atoms with Gasteiger partial charge in [0.25, 0.3) is 5.91 Å². The lowest BCUT2D eigenvalue weighted by Crippen LogP contribution is -2.49. The number of ether oxygens (including phenoxy) is 1. The van der Waals surface area contributed by atoms with Gasteiger partial charge in [-0.1, -0.05) is 12.1 Å². The highest BCUT2D eigenvalue weighted by Crippen LogP contribution is 2.30. The number of aliphatic hydroxyl groups excluding tert-OH is 1. The Hall–Kier alpha value is -3.11. The minimum atomic E-state index is -0.483. The van der Waals surface area contributed by atoms with Crippen LogP contribution in [0.5, 0.6) is 5.75 Å². The zero-order valence-corrected chi connectivity index (χ0v) is 20.0. The minimum absolute atomic E-state index is 0.0529. The number of amides is 3. The summed E-state index contributed by atoms with van der Waals surface area (Å²) in [6, 6.07) is 4.15. The largest absolute Gasteiger partial charge is 0.488 e. The van der Waals surface area contributed by atoms with Crippen molar-refractivity contribution >= 4 is 23.3 Å². The van der Waals surface area contributed by atoms with E-state index in [9.17, 15) is 14.7 Å². The lowest BCUT2D eigenvalue weighted by atomic mass is 9.99. The molecule has 1 aromatic heterocycles. The fourth-order valence-corrected chi connectivity index (χ4v) is 3.82. The SMILES string of the molecule is Cc1noc(C)c1NC(=O)Nc1ccc2c(c1)C(=O)N([C@@H](C)CO)C[C@@H](C)[C@@H](CN(C)C)O2. The molecule has 3 rings (SSSR count). The van der Waals surface area contributed by atoms with Gasteiger partial charge in [-0.3, -0.25) is 4.79 Å². The summed E-state index contributed by atoms with van der Waals surface area (Å²) in [5.74, 6) is 0.748. The van der Waals surface area contributed by atoms with Crippen LogP contribution in [0.1, 0.15) is 35.7 Å². The topological polar surface area (TPSA) is 120 Å². The second-order valence-electron chi connectivity index (χ2n) is 8.87. The average molecular weight is 460 g/mol. The standard InChI is InChI=1S/C23H33N5O5/c1-13-10-28(14(2)12-29)22(30)18-9-17(7-8-19(18)32-20(13)11-27(5)6)24-23(31)25-21-15(3)26-33-16(21)4/h7-9,13-14,20,29H,10-12H2,1-6H3,(H2,24,25,31)/t13-,14+,20-/m1/s1. The van der Waals surface area contributed by atoms with E-state index in [1.807, 2.05) is 32.8 Å². The molecule has 2 aromatic rings. The number of carbonyl (C=O) groups excluding carboxylic acids is 2. The van der Waals surface area contributed by atoms with E-state index >= 15 is 0 Å². The van der Waals surface area contributed by atoms with Crippen molar-refractivity contribution in [3.05, 3.63) is 35.2 Å². The zero-order chi connectivity index (χ0) is 24.3. The highest BCUT2D eigenvalue weighted by Gasteiger charge is 2.33. The summed E-state index contributed by atoms with van der Waals surface area (Å²) in [5, 5.41) is 19.0. The van der Waals surface area contributed by atoms with Crippen LogP contribution in [0.25, 0.3) is 0 Å². The molecule has 1 aliphatic rings. The summed E-state index contributed by atoms with van der Waals surface area (Å²) in [7, 11) is 3.94. The Morgan fingerprint density at radius 1 is 1.33 bits per heavy atom. The number of hydrogen-bond acceptors (Lipinski definition) is 7. The fraction of sp³-hybridized carbons (Fsp3) is 0.522. The van der Waals surface area contributed by atoms with Crippen LogP contribution in [-0.4, -0.2) is 77.9 Å². The number of rotatable bonds is 6. The first kappa shape index (κ1) is 24.5. The van der Waals surface area contributed by atoms with Crippen molar-refractivity contribution in [3.63, 3.8) is 0 Å². The quantitative estimate of drug-likeness (QED) is 0.607. The number of fused-ring (bicyclic) bond motifs is 1. The van der Waals surface area contributed by atoms with Gasteiger partial charge in [-0.25, -0.2) is 4.79 Å². The van der Waals surface area contributed by atoms with Gasteiger partial charge in [-0.05, 0) is 53.1 Å². The van der Waals surface area contributed by atoms with Crippen LogP contribution in [0.3, 0.4) is 0 Å². The first-order valence-corrected chi connectivity index (χ1v) is 11.0. The molecular formula is C23H33N5O5. The van der Waals surface area contributed by atoms with E-state index in [2.05, 4.69) is 15.8 Å². The van der Waals surface area contributed by atoms with Crippen LogP contribution < -0.4 is 15.4 Å². The molecule has 0 unspecified atom stereocenters. The number of urea groups is 1. The third kappa shape index (κ3) is 5.63. The highest BCUT2D eigenvalue weighted by molar-refractivity contribution is 6.03. The summed E-state index contributed by atoms with van der Waals surface area (Å²) in [4.78, 5) is 29.7. The van der Waals surface area contributed by atoms with Crippen molar-refractivity contribution in [2.24, 2.45) is 5.92 Å². The summed E-state index contributed by atoms with van der Waals surface area (Å²) in [6.07, 6.45) is -0.151. The molecule has 0 aliphatic carbocycles. The number of aromatic nitrogens is 1. The van der Waals surface area contributed by atoms with Crippen molar-refractivity contribution in [1.82, 2.24) is 15.0 Å². The molecule has 33 heavy (non-hydrogen) atoms. The number of hydrogen-bond donors (Lipinski definition) is 3. The van der Waals surface area contributed by atoms with Gasteiger partial charge in [-0.15, -0.1) is 0 Å². The third-order valence-corrected chi connectivity index (χ3v) is 5.74. The second-order valence-corrected chi connectivity index (χ2v) is 8.87. The monoisotopic (exact) mass is 459 g/mol. The number of nitrogens with zero attached hydrogens (tertiary/aromatic N) is 3. The molecule has 3 N–H and O–H groups in total. The van der Waals surface area contributed by atoms with Crippen LogP contribution >= 0.6 is 0 Å². The number of carbonyl (C=O) groups is 2. The van der Waals surface area contributed by atoms with Gasteiger partial charge in [0, 0.05) is 24.7 Å². The van der Waals surface area contributed by atoms with E-state index in [1.165, 1.54) is 0 Å². The maximum Gasteiger partial charge on any atom is 0.323 e. The van der Waals surface area contributed by atoms with Crippen LogP contribution in [0, 0.1) is 19.8 Å². The van der Waals surface area contributed by atoms with Gasteiger partial charge in [0.1, 0.15) is 23.2 Å². The van der Waals surface area contributed by atoms with E-state index in [0.29, 0.717) is 47.2 Å². The van der Waals surface area contributed by atoms with Crippen LogP contribution in [0.15, 0.2) is 22.7 Å². The van der Waals surface area contributed by atoms with E-state index < -0.39 is 6.03 Å². The predicted octanol–water partition coefficient (Wildman–Crippen LogP) is 2.72. The van der Waals surface area contributed by atoms with E-state index in [-0.39, 0.29) is 30.6 Å². The smallest absolute Gasteiger partial charge is 0.323 e. The number of nitrogens with one attached hydrogen (secondary N) is 2. The molecule has 3 amide bonds. The lowest BCUT2D eigenvalue weighted by Gasteiger charge is -2.37. The molecule has 10 nitrogen and oxygen atoms in total. The summed E-state index contributed by atoms with van der Waals surface area (Å²) in [5.41, 5.74) is 1.84. The van der Waals surface area contributed by atoms with Gasteiger partial charge in [0.2, 0.25) is 0 Å². The Morgan fingerprint density at radius 2 is 2.06 bits per heavy atom. The predicted molar refractivity (Wildman–Crippen MR) is 125 cm³/mol. The summed E-state index contributed by atoms with van der Waals surface area (Å²) in [6.45, 7) is 8.27. The van der Waals surface area contributed by atoms with E-state index in [0.717, 1.165) is 0 Å². The highest BCUT2D eigenvalue weighted by atomic mass is 16.5. The van der Waals surface area contributed by atoms with Gasteiger partial charge in [-0.2, -0.15) is 0 Å². The molecule has 1 aromatic carbocycles. The molecule has 1 aliphatic heterocycles. The molecule has 0 saturated carbocycles. The molecule has 180 valence electrons. The number of benzene rings is 1. The fourth-order valence-electron chi connectivity index (χ4n) is 3.82. The van der Waals surface area contributed by atoms with Gasteiger partial charge >= 0.3 is 6.03 Å². The molecule has 0 spiro atoms. The van der Waals surface area contributed by atoms with E-state index in [1.54, 1.807) is 36.9 Å². The first-order valence-electron chi connectivity index (χ1n) is 11.0. The van der Waals surface area contributed by atoms with Crippen molar-refractivity contribution in [1.29, 1.82) is 0 Å². The molecule has 0 saturated heterocycles. The maximum absolute atomic E-state index is 13.4. The molecule has 2 heterocycles. The van der Waals surface area contributed by atoms with Crippen molar-refractivity contribution in [2.45, 2.75) is 39.8 Å². The molecule has 0 radical (unpaired) electrons. The number of aliphatic hydroxyl groups is 1. The third-order valence-electron chi connectivity index (χ3n) is 5.74. The Labute approximate surface area is 193 Å². The van der Waals surface area contributed by atoms with Crippen molar-refractivity contribution < 1.29 is 24.0 Å².